The van der Waals surface area contributed by atoms with Gasteiger partial charge in [0.1, 0.15) is 0 Å². The van der Waals surface area contributed by atoms with Crippen molar-refractivity contribution < 1.29 is 9.59 Å². The monoisotopic (exact) mass is 304 g/mol. The predicted molar refractivity (Wildman–Crippen MR) is 92.2 cm³/mol. The molecule has 2 N–H and O–H groups in total. The Hall–Kier alpha value is -1.07. The quantitative estimate of drug-likeness (QED) is 0.342. The Morgan fingerprint density at radius 1 is 0.950 bits per heavy atom. The van der Waals surface area contributed by atoms with Crippen molar-refractivity contribution in [3.63, 3.8) is 0 Å². The van der Waals surface area contributed by atoms with Crippen LogP contribution in [0.1, 0.15) is 55.4 Å². The molecule has 4 nitrogen and oxygen atoms in total. The fraction of sp³-hybridized carbons (Fsp3) is 0.600. The molecule has 0 saturated carbocycles. The van der Waals surface area contributed by atoms with E-state index in [2.05, 4.69) is 6.58 Å². The van der Waals surface area contributed by atoms with E-state index in [1.807, 2.05) is 55.4 Å². The Morgan fingerprint density at radius 3 is 1.50 bits per heavy atom. The van der Waals surface area contributed by atoms with Gasteiger partial charge in [-0.25, -0.2) is 10.9 Å². The maximum absolute atomic E-state index is 11.2. The summed E-state index contributed by atoms with van der Waals surface area (Å²) in [5.74, 6) is 4.14. The standard InChI is InChI=1S/C7H8N2O2S.4C2H6/c1-4-5(3-12-2)7(11)9(8)6(4)10;4*1-2/h3H,1,8H2,2H3;4*1-2H3/b5-3+;;;;. The molecule has 0 atom stereocenters. The third kappa shape index (κ3) is 8.93. The van der Waals surface area contributed by atoms with Gasteiger partial charge in [0.2, 0.25) is 0 Å². The van der Waals surface area contributed by atoms with Crippen LogP contribution in [0.2, 0.25) is 0 Å². The average molecular weight is 305 g/mol. The van der Waals surface area contributed by atoms with E-state index >= 15 is 0 Å². The van der Waals surface area contributed by atoms with Crippen molar-refractivity contribution in [3.05, 3.63) is 23.1 Å². The number of nitrogens with zero attached hydrogens (tertiary/aromatic N) is 1. The molecule has 1 aliphatic rings. The number of hydrogen-bond acceptors (Lipinski definition) is 4. The first-order valence-electron chi connectivity index (χ1n) is 7.15. The van der Waals surface area contributed by atoms with Gasteiger partial charge in [-0.3, -0.25) is 9.59 Å². The molecule has 0 bridgehead atoms. The number of carbonyl (C=O) groups is 2. The second-order valence-corrected chi connectivity index (χ2v) is 2.93. The molecule has 20 heavy (non-hydrogen) atoms. The van der Waals surface area contributed by atoms with Crippen molar-refractivity contribution in [1.82, 2.24) is 5.01 Å². The third-order valence-electron chi connectivity index (χ3n) is 1.49. The molecule has 0 unspecified atom stereocenters. The van der Waals surface area contributed by atoms with E-state index in [4.69, 9.17) is 5.84 Å². The van der Waals surface area contributed by atoms with E-state index in [0.717, 1.165) is 0 Å². The lowest BCUT2D eigenvalue weighted by Gasteiger charge is -2.00. The van der Waals surface area contributed by atoms with Crippen molar-refractivity contribution in [2.24, 2.45) is 5.84 Å². The van der Waals surface area contributed by atoms with E-state index in [1.165, 1.54) is 11.8 Å². The van der Waals surface area contributed by atoms with Gasteiger partial charge in [-0.05, 0) is 11.7 Å². The largest absolute Gasteiger partial charge is 0.276 e. The number of nitrogens with two attached hydrogens (primary N) is 1. The average Bonchev–Trinajstić information content (AvgIpc) is 2.73. The van der Waals surface area contributed by atoms with Crippen molar-refractivity contribution in [2.75, 3.05) is 6.26 Å². The zero-order valence-electron chi connectivity index (χ0n) is 14.5. The number of thioether (sulfide) groups is 1. The first-order chi connectivity index (χ1) is 9.59. The molecule has 5 heteroatoms. The Bertz CT molecular complexity index is 300. The van der Waals surface area contributed by atoms with Crippen LogP contribution in [0.15, 0.2) is 23.1 Å². The minimum absolute atomic E-state index is 0.164. The Morgan fingerprint density at radius 2 is 1.30 bits per heavy atom. The van der Waals surface area contributed by atoms with Crippen LogP contribution in [-0.2, 0) is 9.59 Å². The van der Waals surface area contributed by atoms with Crippen molar-refractivity contribution in [2.45, 2.75) is 55.4 Å². The molecule has 1 heterocycles. The fourth-order valence-corrected chi connectivity index (χ4v) is 1.33. The summed E-state index contributed by atoms with van der Waals surface area (Å²) in [6.45, 7) is 19.5. The molecule has 0 aromatic rings. The van der Waals surface area contributed by atoms with Crippen molar-refractivity contribution in [3.8, 4) is 0 Å². The molecular formula is C15H32N2O2S. The van der Waals surface area contributed by atoms with E-state index in [0.29, 0.717) is 5.01 Å². The van der Waals surface area contributed by atoms with Crippen LogP contribution >= 0.6 is 11.8 Å². The molecule has 0 spiro atoms. The Labute approximate surface area is 129 Å². The van der Waals surface area contributed by atoms with Crippen LogP contribution in [-0.4, -0.2) is 23.1 Å². The third-order valence-corrected chi connectivity index (χ3v) is 1.96. The number of imide groups is 1. The van der Waals surface area contributed by atoms with E-state index in [1.54, 1.807) is 11.7 Å². The van der Waals surface area contributed by atoms with Crippen LogP contribution in [0, 0.1) is 0 Å². The summed E-state index contributed by atoms with van der Waals surface area (Å²) in [7, 11) is 0. The van der Waals surface area contributed by atoms with Gasteiger partial charge in [0.05, 0.1) is 5.57 Å². The van der Waals surface area contributed by atoms with Gasteiger partial charge in [0.25, 0.3) is 11.8 Å². The van der Waals surface area contributed by atoms with Gasteiger partial charge in [0.15, 0.2) is 0 Å². The molecule has 1 aliphatic heterocycles. The van der Waals surface area contributed by atoms with Crippen LogP contribution in [0.25, 0.3) is 0 Å². The lowest BCUT2D eigenvalue weighted by Crippen LogP contribution is -2.36. The molecular weight excluding hydrogens is 272 g/mol. The van der Waals surface area contributed by atoms with Crippen LogP contribution in [0.3, 0.4) is 0 Å². The molecule has 0 aromatic carbocycles. The summed E-state index contributed by atoms with van der Waals surface area (Å²) in [6, 6.07) is 0. The highest BCUT2D eigenvalue weighted by Crippen LogP contribution is 2.22. The smallest absolute Gasteiger partial charge is 0.267 e. The predicted octanol–water partition coefficient (Wildman–Crippen LogP) is 4.14. The van der Waals surface area contributed by atoms with Gasteiger partial charge in [-0.15, -0.1) is 11.8 Å². The number of rotatable bonds is 1. The van der Waals surface area contributed by atoms with Crippen molar-refractivity contribution >= 4 is 23.6 Å². The topological polar surface area (TPSA) is 63.4 Å². The van der Waals surface area contributed by atoms with Gasteiger partial charge in [-0.1, -0.05) is 62.0 Å². The minimum atomic E-state index is -0.528. The number of carbonyl (C=O) groups excluding carboxylic acids is 2. The second kappa shape index (κ2) is 20.3. The highest BCUT2D eigenvalue weighted by atomic mass is 32.2. The zero-order valence-corrected chi connectivity index (χ0v) is 15.4. The molecule has 2 amide bonds. The fourth-order valence-electron chi connectivity index (χ4n) is 0.851. The van der Waals surface area contributed by atoms with E-state index in [9.17, 15) is 9.59 Å². The SMILES string of the molecule is C=C1C(=O)N(N)C(=O)/C1=C/SC.CC.CC.CC.CC. The Balaban J connectivity index is -0.000000138. The highest BCUT2D eigenvalue weighted by molar-refractivity contribution is 8.01. The highest BCUT2D eigenvalue weighted by Gasteiger charge is 2.35. The van der Waals surface area contributed by atoms with Gasteiger partial charge in [-0.2, -0.15) is 0 Å². The van der Waals surface area contributed by atoms with E-state index in [-0.39, 0.29) is 11.1 Å². The summed E-state index contributed by atoms with van der Waals surface area (Å²) in [4.78, 5) is 22.2. The maximum atomic E-state index is 11.2. The second-order valence-electron chi connectivity index (χ2n) is 2.23. The zero-order chi connectivity index (χ0) is 17.3. The van der Waals surface area contributed by atoms with Gasteiger partial charge < -0.3 is 0 Å². The lowest BCUT2D eigenvalue weighted by molar-refractivity contribution is -0.136. The molecule has 0 aromatic heterocycles. The normalized spacial score (nSPS) is 14.0. The van der Waals surface area contributed by atoms with Gasteiger partial charge in [0, 0.05) is 5.57 Å². The summed E-state index contributed by atoms with van der Waals surface area (Å²) in [5.41, 5.74) is 0.451. The number of hydrazine groups is 1. The molecule has 1 fully saturated rings. The number of amides is 2. The van der Waals surface area contributed by atoms with Crippen LogP contribution in [0.4, 0.5) is 0 Å². The molecule has 1 saturated heterocycles. The number of hydrogen-bond donors (Lipinski definition) is 1. The summed E-state index contributed by atoms with van der Waals surface area (Å²) < 4.78 is 0. The van der Waals surface area contributed by atoms with Gasteiger partial charge >= 0.3 is 0 Å². The molecule has 0 aliphatic carbocycles. The van der Waals surface area contributed by atoms with Crippen LogP contribution < -0.4 is 5.84 Å². The van der Waals surface area contributed by atoms with Crippen molar-refractivity contribution in [1.29, 1.82) is 0 Å². The first kappa shape index (κ1) is 27.3. The Kier molecular flexibility index (Phi) is 27.6. The van der Waals surface area contributed by atoms with E-state index < -0.39 is 11.8 Å². The lowest BCUT2D eigenvalue weighted by atomic mass is 10.2. The maximum Gasteiger partial charge on any atom is 0.276 e. The molecule has 1 rings (SSSR count). The molecule has 120 valence electrons. The summed E-state index contributed by atoms with van der Waals surface area (Å²) >= 11 is 1.33. The summed E-state index contributed by atoms with van der Waals surface area (Å²) in [5, 5.41) is 2.14. The summed E-state index contributed by atoms with van der Waals surface area (Å²) in [6.07, 6.45) is 1.79. The molecule has 0 radical (unpaired) electrons. The minimum Gasteiger partial charge on any atom is -0.267 e. The van der Waals surface area contributed by atoms with Crippen LogP contribution in [0.5, 0.6) is 0 Å². The first-order valence-corrected chi connectivity index (χ1v) is 8.44.